The zero-order valence-electron chi connectivity index (χ0n) is 17.5. The molecule has 1 aliphatic heterocycles. The van der Waals surface area contributed by atoms with Crippen LogP contribution in [0.4, 0.5) is 0 Å². The average Bonchev–Trinajstić information content (AvgIpc) is 3.40. The summed E-state index contributed by atoms with van der Waals surface area (Å²) in [6, 6.07) is 15.6. The van der Waals surface area contributed by atoms with E-state index in [-0.39, 0.29) is 5.91 Å². The van der Waals surface area contributed by atoms with Crippen LogP contribution in [0.2, 0.25) is 5.02 Å². The Balaban J connectivity index is 1.67. The SMILES string of the molecule is Cc1ccc(C)c(-n2nc(-c3ccccc3Cl)cc2C(=O)NCCN2CCCC2)c1. The van der Waals surface area contributed by atoms with Gasteiger partial charge >= 0.3 is 0 Å². The van der Waals surface area contributed by atoms with Gasteiger partial charge in [-0.15, -0.1) is 0 Å². The number of likely N-dealkylation sites (tertiary alicyclic amines) is 1. The van der Waals surface area contributed by atoms with Gasteiger partial charge in [-0.25, -0.2) is 4.68 Å². The maximum Gasteiger partial charge on any atom is 0.270 e. The molecule has 30 heavy (non-hydrogen) atoms. The summed E-state index contributed by atoms with van der Waals surface area (Å²) in [5.74, 6) is -0.124. The van der Waals surface area contributed by atoms with Crippen molar-refractivity contribution in [3.8, 4) is 16.9 Å². The number of nitrogens with zero attached hydrogens (tertiary/aromatic N) is 3. The fraction of sp³-hybridized carbons (Fsp3) is 0.333. The van der Waals surface area contributed by atoms with E-state index in [1.54, 1.807) is 4.68 Å². The summed E-state index contributed by atoms with van der Waals surface area (Å²) >= 11 is 6.40. The smallest absolute Gasteiger partial charge is 0.270 e. The molecule has 1 N–H and O–H groups in total. The summed E-state index contributed by atoms with van der Waals surface area (Å²) in [7, 11) is 0. The molecule has 1 saturated heterocycles. The van der Waals surface area contributed by atoms with E-state index in [1.165, 1.54) is 12.8 Å². The van der Waals surface area contributed by atoms with Crippen LogP contribution >= 0.6 is 11.6 Å². The highest BCUT2D eigenvalue weighted by molar-refractivity contribution is 6.33. The van der Waals surface area contributed by atoms with E-state index >= 15 is 0 Å². The van der Waals surface area contributed by atoms with Crippen molar-refractivity contribution in [2.75, 3.05) is 26.2 Å². The van der Waals surface area contributed by atoms with Gasteiger partial charge in [-0.2, -0.15) is 5.10 Å². The number of hydrogen-bond donors (Lipinski definition) is 1. The van der Waals surface area contributed by atoms with Crippen LogP contribution in [0.15, 0.2) is 48.5 Å². The van der Waals surface area contributed by atoms with Gasteiger partial charge in [-0.05, 0) is 69.1 Å². The molecule has 1 aromatic heterocycles. The third kappa shape index (κ3) is 4.42. The lowest BCUT2D eigenvalue weighted by Crippen LogP contribution is -2.34. The van der Waals surface area contributed by atoms with E-state index < -0.39 is 0 Å². The zero-order valence-corrected chi connectivity index (χ0v) is 18.2. The van der Waals surface area contributed by atoms with E-state index in [4.69, 9.17) is 16.7 Å². The Kier molecular flexibility index (Phi) is 6.21. The number of aryl methyl sites for hydroxylation is 2. The molecule has 0 saturated carbocycles. The third-order valence-electron chi connectivity index (χ3n) is 5.60. The van der Waals surface area contributed by atoms with Gasteiger partial charge in [0.2, 0.25) is 0 Å². The molecule has 0 aliphatic carbocycles. The molecule has 2 aromatic carbocycles. The van der Waals surface area contributed by atoms with Crippen LogP contribution in [0.1, 0.15) is 34.5 Å². The predicted molar refractivity (Wildman–Crippen MR) is 121 cm³/mol. The van der Waals surface area contributed by atoms with E-state index in [2.05, 4.69) is 28.4 Å². The molecule has 0 radical (unpaired) electrons. The molecule has 5 nitrogen and oxygen atoms in total. The molecule has 6 heteroatoms. The Labute approximate surface area is 182 Å². The first kappa shape index (κ1) is 20.6. The van der Waals surface area contributed by atoms with Crippen LogP contribution in [0.3, 0.4) is 0 Å². The summed E-state index contributed by atoms with van der Waals surface area (Å²) in [4.78, 5) is 15.5. The van der Waals surface area contributed by atoms with Crippen LogP contribution in [0.5, 0.6) is 0 Å². The molecular formula is C24H27ClN4O. The van der Waals surface area contributed by atoms with Crippen molar-refractivity contribution in [2.24, 2.45) is 0 Å². The van der Waals surface area contributed by atoms with Gasteiger partial charge in [0.25, 0.3) is 5.91 Å². The number of halogens is 1. The normalized spacial score (nSPS) is 14.2. The topological polar surface area (TPSA) is 50.2 Å². The molecule has 1 fully saturated rings. The minimum Gasteiger partial charge on any atom is -0.349 e. The van der Waals surface area contributed by atoms with Gasteiger partial charge in [0.05, 0.1) is 16.4 Å². The van der Waals surface area contributed by atoms with E-state index in [0.717, 1.165) is 42.0 Å². The molecule has 3 aromatic rings. The highest BCUT2D eigenvalue weighted by Gasteiger charge is 2.20. The van der Waals surface area contributed by atoms with E-state index in [0.29, 0.717) is 23.0 Å². The van der Waals surface area contributed by atoms with Crippen molar-refractivity contribution in [1.82, 2.24) is 20.0 Å². The number of carbonyl (C=O) groups excluding carboxylic acids is 1. The summed E-state index contributed by atoms with van der Waals surface area (Å²) in [5.41, 5.74) is 5.09. The highest BCUT2D eigenvalue weighted by Crippen LogP contribution is 2.29. The zero-order chi connectivity index (χ0) is 21.1. The maximum absolute atomic E-state index is 13.1. The van der Waals surface area contributed by atoms with Gasteiger partial charge in [0.1, 0.15) is 5.69 Å². The second kappa shape index (κ2) is 9.02. The van der Waals surface area contributed by atoms with E-state index in [1.807, 2.05) is 44.2 Å². The number of rotatable bonds is 6. The monoisotopic (exact) mass is 422 g/mol. The van der Waals surface area contributed by atoms with Crippen LogP contribution in [-0.4, -0.2) is 46.8 Å². The largest absolute Gasteiger partial charge is 0.349 e. The predicted octanol–water partition coefficient (Wildman–Crippen LogP) is 4.64. The van der Waals surface area contributed by atoms with Gasteiger partial charge in [-0.1, -0.05) is 41.9 Å². The second-order valence-corrected chi connectivity index (χ2v) is 8.31. The van der Waals surface area contributed by atoms with Gasteiger partial charge in [-0.3, -0.25) is 4.79 Å². The Morgan fingerprint density at radius 1 is 1.10 bits per heavy atom. The summed E-state index contributed by atoms with van der Waals surface area (Å²) in [6.45, 7) is 7.80. The van der Waals surface area contributed by atoms with Crippen LogP contribution in [-0.2, 0) is 0 Å². The number of amides is 1. The van der Waals surface area contributed by atoms with Crippen LogP contribution in [0, 0.1) is 13.8 Å². The van der Waals surface area contributed by atoms with E-state index in [9.17, 15) is 4.79 Å². The lowest BCUT2D eigenvalue weighted by molar-refractivity contribution is 0.0942. The molecule has 4 rings (SSSR count). The first-order chi connectivity index (χ1) is 14.5. The van der Waals surface area contributed by atoms with Crippen molar-refractivity contribution in [1.29, 1.82) is 0 Å². The fourth-order valence-corrected chi connectivity index (χ4v) is 4.13. The minimum atomic E-state index is -0.124. The van der Waals surface area contributed by atoms with Gasteiger partial charge in [0, 0.05) is 18.7 Å². The van der Waals surface area contributed by atoms with Crippen molar-refractivity contribution in [2.45, 2.75) is 26.7 Å². The average molecular weight is 423 g/mol. The molecule has 1 amide bonds. The summed E-state index contributed by atoms with van der Waals surface area (Å²) in [5, 5.41) is 8.47. The van der Waals surface area contributed by atoms with Crippen LogP contribution < -0.4 is 5.32 Å². The van der Waals surface area contributed by atoms with Gasteiger partial charge < -0.3 is 10.2 Å². The number of carbonyl (C=O) groups is 1. The standard InChI is InChI=1S/C24H27ClN4O/c1-17-9-10-18(2)22(15-17)29-23(24(30)26-11-14-28-12-5-6-13-28)16-21(27-29)19-7-3-4-8-20(19)25/h3-4,7-10,15-16H,5-6,11-14H2,1-2H3,(H,26,30). The minimum absolute atomic E-state index is 0.124. The Morgan fingerprint density at radius 3 is 2.63 bits per heavy atom. The molecule has 2 heterocycles. The number of aromatic nitrogens is 2. The quantitative estimate of drug-likeness (QED) is 0.629. The van der Waals surface area contributed by atoms with Crippen molar-refractivity contribution < 1.29 is 4.79 Å². The second-order valence-electron chi connectivity index (χ2n) is 7.90. The number of benzene rings is 2. The van der Waals surface area contributed by atoms with Crippen molar-refractivity contribution >= 4 is 17.5 Å². The molecule has 0 spiro atoms. The molecule has 0 bridgehead atoms. The summed E-state index contributed by atoms with van der Waals surface area (Å²) < 4.78 is 1.74. The Hall–Kier alpha value is -2.63. The van der Waals surface area contributed by atoms with Crippen LogP contribution in [0.25, 0.3) is 16.9 Å². The van der Waals surface area contributed by atoms with Crippen molar-refractivity contribution in [3.63, 3.8) is 0 Å². The van der Waals surface area contributed by atoms with Gasteiger partial charge in [0.15, 0.2) is 0 Å². The molecule has 0 unspecified atom stereocenters. The Bertz CT molecular complexity index is 1050. The number of nitrogens with one attached hydrogen (secondary N) is 1. The maximum atomic E-state index is 13.1. The first-order valence-corrected chi connectivity index (χ1v) is 10.8. The molecular weight excluding hydrogens is 396 g/mol. The first-order valence-electron chi connectivity index (χ1n) is 10.5. The lowest BCUT2D eigenvalue weighted by Gasteiger charge is -2.15. The lowest BCUT2D eigenvalue weighted by atomic mass is 10.1. The van der Waals surface area contributed by atoms with Crippen molar-refractivity contribution in [3.05, 3.63) is 70.4 Å². The third-order valence-corrected chi connectivity index (χ3v) is 5.93. The molecule has 156 valence electrons. The molecule has 0 atom stereocenters. The highest BCUT2D eigenvalue weighted by atomic mass is 35.5. The number of hydrogen-bond acceptors (Lipinski definition) is 3. The Morgan fingerprint density at radius 2 is 1.87 bits per heavy atom. The fourth-order valence-electron chi connectivity index (χ4n) is 3.90. The molecule has 1 aliphatic rings. The summed E-state index contributed by atoms with van der Waals surface area (Å²) in [6.07, 6.45) is 2.49.